The van der Waals surface area contributed by atoms with Gasteiger partial charge in [-0.1, -0.05) is 128 Å². The molecule has 0 atom stereocenters. The van der Waals surface area contributed by atoms with Crippen LogP contribution in [0.15, 0.2) is 54.6 Å². The zero-order valence-electron chi connectivity index (χ0n) is 23.7. The zero-order chi connectivity index (χ0) is 25.6. The van der Waals surface area contributed by atoms with Crippen molar-refractivity contribution in [3.8, 4) is 11.1 Å². The average molecular weight is 467 g/mol. The first-order chi connectivity index (χ1) is 16.4. The second-order valence-corrected chi connectivity index (χ2v) is 13.2. The first-order valence-electron chi connectivity index (χ1n) is 13.8. The molecule has 35 heavy (non-hydrogen) atoms. The normalized spacial score (nSPS) is 14.7. The highest BCUT2D eigenvalue weighted by atomic mass is 14.4. The Kier molecular flexibility index (Phi) is 6.82. The number of benzene rings is 3. The number of aryl methyl sites for hydroxylation is 2. The molecule has 0 aromatic heterocycles. The smallest absolute Gasteiger partial charge is 0.0435 e. The van der Waals surface area contributed by atoms with Crippen molar-refractivity contribution in [3.05, 3.63) is 93.5 Å². The van der Waals surface area contributed by atoms with Gasteiger partial charge in [0.1, 0.15) is 0 Å². The molecule has 3 aromatic carbocycles. The van der Waals surface area contributed by atoms with E-state index in [1.165, 1.54) is 82.2 Å². The van der Waals surface area contributed by atoms with Gasteiger partial charge >= 0.3 is 0 Å². The van der Waals surface area contributed by atoms with Crippen molar-refractivity contribution in [1.82, 2.24) is 0 Å². The van der Waals surface area contributed by atoms with E-state index in [1.54, 1.807) is 0 Å². The molecule has 0 bridgehead atoms. The van der Waals surface area contributed by atoms with E-state index >= 15 is 0 Å². The topological polar surface area (TPSA) is 0 Å². The minimum atomic E-state index is -0.155. The molecule has 0 aliphatic heterocycles. The SMILES string of the molecule is CCCCCCc1cc(C)cc(C2(C)c3cc(C(C)(C)C)ccc3-c3ccc(C(C)(C)C)cc32)c1. The highest BCUT2D eigenvalue weighted by Crippen LogP contribution is 2.54. The predicted octanol–water partition coefficient (Wildman–Crippen LogP) is 10.0. The summed E-state index contributed by atoms with van der Waals surface area (Å²) in [6, 6.07) is 21.9. The minimum absolute atomic E-state index is 0.123. The highest BCUT2D eigenvalue weighted by molar-refractivity contribution is 5.84. The molecule has 0 spiro atoms. The Balaban J connectivity index is 1.93. The lowest BCUT2D eigenvalue weighted by atomic mass is 9.71. The summed E-state index contributed by atoms with van der Waals surface area (Å²) in [5.74, 6) is 0. The predicted molar refractivity (Wildman–Crippen MR) is 154 cm³/mol. The van der Waals surface area contributed by atoms with Crippen LogP contribution >= 0.6 is 0 Å². The molecular weight excluding hydrogens is 420 g/mol. The molecule has 0 fully saturated rings. The van der Waals surface area contributed by atoms with Crippen LogP contribution in [0.2, 0.25) is 0 Å². The fourth-order valence-corrected chi connectivity index (χ4v) is 5.83. The molecule has 1 aliphatic carbocycles. The molecule has 0 unspecified atom stereocenters. The lowest BCUT2D eigenvalue weighted by Crippen LogP contribution is -2.25. The average Bonchev–Trinajstić information content (AvgIpc) is 3.04. The Bertz CT molecular complexity index is 1150. The Labute approximate surface area is 215 Å². The van der Waals surface area contributed by atoms with Crippen LogP contribution < -0.4 is 0 Å². The molecule has 3 aromatic rings. The fourth-order valence-electron chi connectivity index (χ4n) is 5.83. The molecule has 1 aliphatic rings. The number of hydrogen-bond acceptors (Lipinski definition) is 0. The molecule has 0 heteroatoms. The number of unbranched alkanes of at least 4 members (excludes halogenated alkanes) is 3. The monoisotopic (exact) mass is 466 g/mol. The van der Waals surface area contributed by atoms with Crippen molar-refractivity contribution < 1.29 is 0 Å². The van der Waals surface area contributed by atoms with Gasteiger partial charge in [-0.25, -0.2) is 0 Å². The molecule has 0 saturated carbocycles. The van der Waals surface area contributed by atoms with Gasteiger partial charge in [-0.2, -0.15) is 0 Å². The van der Waals surface area contributed by atoms with Crippen LogP contribution in [0.1, 0.15) is 120 Å². The van der Waals surface area contributed by atoms with E-state index in [4.69, 9.17) is 0 Å². The van der Waals surface area contributed by atoms with Crippen molar-refractivity contribution in [2.75, 3.05) is 0 Å². The van der Waals surface area contributed by atoms with Crippen LogP contribution in [0.25, 0.3) is 11.1 Å². The van der Waals surface area contributed by atoms with Gasteiger partial charge in [0.15, 0.2) is 0 Å². The van der Waals surface area contributed by atoms with Gasteiger partial charge in [0, 0.05) is 5.41 Å². The molecule has 0 N–H and O–H groups in total. The maximum absolute atomic E-state index is 2.52. The van der Waals surface area contributed by atoms with E-state index in [2.05, 4.69) is 117 Å². The maximum Gasteiger partial charge on any atom is 0.0435 e. The molecule has 0 amide bonds. The largest absolute Gasteiger partial charge is 0.0654 e. The summed E-state index contributed by atoms with van der Waals surface area (Å²) in [6.45, 7) is 21.0. The van der Waals surface area contributed by atoms with Gasteiger partial charge in [0.2, 0.25) is 0 Å². The molecule has 4 rings (SSSR count). The summed E-state index contributed by atoms with van der Waals surface area (Å²) in [7, 11) is 0. The van der Waals surface area contributed by atoms with Crippen molar-refractivity contribution in [3.63, 3.8) is 0 Å². The van der Waals surface area contributed by atoms with E-state index in [0.29, 0.717) is 0 Å². The van der Waals surface area contributed by atoms with Crippen molar-refractivity contribution in [2.24, 2.45) is 0 Å². The van der Waals surface area contributed by atoms with Crippen LogP contribution in [0, 0.1) is 6.92 Å². The number of hydrogen-bond donors (Lipinski definition) is 0. The Hall–Kier alpha value is -2.34. The van der Waals surface area contributed by atoms with Crippen molar-refractivity contribution in [2.45, 2.75) is 111 Å². The first-order valence-corrected chi connectivity index (χ1v) is 13.8. The Morgan fingerprint density at radius 3 is 1.69 bits per heavy atom. The highest BCUT2D eigenvalue weighted by Gasteiger charge is 2.42. The molecular formula is C35H46. The molecule has 186 valence electrons. The lowest BCUT2D eigenvalue weighted by molar-refractivity contribution is 0.584. The van der Waals surface area contributed by atoms with Crippen molar-refractivity contribution in [1.29, 1.82) is 0 Å². The minimum Gasteiger partial charge on any atom is -0.0654 e. The van der Waals surface area contributed by atoms with Gasteiger partial charge in [-0.3, -0.25) is 0 Å². The summed E-state index contributed by atoms with van der Waals surface area (Å²) < 4.78 is 0. The molecule has 0 radical (unpaired) electrons. The van der Waals surface area contributed by atoms with Gasteiger partial charge in [-0.15, -0.1) is 0 Å². The van der Waals surface area contributed by atoms with E-state index in [0.717, 1.165) is 0 Å². The van der Waals surface area contributed by atoms with Crippen LogP contribution in [-0.4, -0.2) is 0 Å². The molecule has 0 nitrogen and oxygen atoms in total. The van der Waals surface area contributed by atoms with E-state index < -0.39 is 0 Å². The van der Waals surface area contributed by atoms with Crippen LogP contribution in [0.5, 0.6) is 0 Å². The van der Waals surface area contributed by atoms with E-state index in [9.17, 15) is 0 Å². The third-order valence-corrected chi connectivity index (χ3v) is 8.17. The second kappa shape index (κ2) is 9.27. The third kappa shape index (κ3) is 4.87. The van der Waals surface area contributed by atoms with Crippen LogP contribution in [0.3, 0.4) is 0 Å². The van der Waals surface area contributed by atoms with E-state index in [-0.39, 0.29) is 16.2 Å². The molecule has 0 saturated heterocycles. The first kappa shape index (κ1) is 25.7. The number of fused-ring (bicyclic) bond motifs is 3. The summed E-state index contributed by atoms with van der Waals surface area (Å²) in [5.41, 5.74) is 13.0. The van der Waals surface area contributed by atoms with Gasteiger partial charge < -0.3 is 0 Å². The standard InChI is InChI=1S/C35H46/c1-10-11-12-13-14-25-19-24(2)20-28(21-25)35(9)31-22-26(33(3,4)5)15-17-29(31)30-18-16-27(23-32(30)35)34(6,7)8/h15-23H,10-14H2,1-9H3. The van der Waals surface area contributed by atoms with Crippen molar-refractivity contribution >= 4 is 0 Å². The number of rotatable bonds is 6. The van der Waals surface area contributed by atoms with Gasteiger partial charge in [0.25, 0.3) is 0 Å². The van der Waals surface area contributed by atoms with Crippen LogP contribution in [0.4, 0.5) is 0 Å². The summed E-state index contributed by atoms with van der Waals surface area (Å²) in [6.07, 6.45) is 6.41. The second-order valence-electron chi connectivity index (χ2n) is 13.2. The summed E-state index contributed by atoms with van der Waals surface area (Å²) in [4.78, 5) is 0. The third-order valence-electron chi connectivity index (χ3n) is 8.17. The lowest BCUT2D eigenvalue weighted by Gasteiger charge is -2.32. The van der Waals surface area contributed by atoms with Crippen LogP contribution in [-0.2, 0) is 22.7 Å². The summed E-state index contributed by atoms with van der Waals surface area (Å²) >= 11 is 0. The quantitative estimate of drug-likeness (QED) is 0.317. The van der Waals surface area contributed by atoms with Gasteiger partial charge in [0.05, 0.1) is 0 Å². The molecule has 0 heterocycles. The Morgan fingerprint density at radius 2 is 1.20 bits per heavy atom. The van der Waals surface area contributed by atoms with E-state index in [1.807, 2.05) is 0 Å². The Morgan fingerprint density at radius 1 is 0.657 bits per heavy atom. The summed E-state index contributed by atoms with van der Waals surface area (Å²) in [5, 5.41) is 0. The maximum atomic E-state index is 2.52. The zero-order valence-corrected chi connectivity index (χ0v) is 23.7. The van der Waals surface area contributed by atoms with Gasteiger partial charge in [-0.05, 0) is 82.0 Å². The fraction of sp³-hybridized carbons (Fsp3) is 0.486.